The Bertz CT molecular complexity index is 1000. The molecule has 0 radical (unpaired) electrons. The molecule has 1 aliphatic rings. The van der Waals surface area contributed by atoms with Crippen LogP contribution in [0.1, 0.15) is 23.7 Å². The zero-order chi connectivity index (χ0) is 19.8. The highest BCUT2D eigenvalue weighted by Crippen LogP contribution is 2.32. The van der Waals surface area contributed by atoms with Crippen LogP contribution in [0.4, 0.5) is 11.4 Å². The van der Waals surface area contributed by atoms with Gasteiger partial charge in [-0.15, -0.1) is 0 Å². The van der Waals surface area contributed by atoms with Gasteiger partial charge in [-0.1, -0.05) is 18.2 Å². The van der Waals surface area contributed by atoms with Gasteiger partial charge in [-0.3, -0.25) is 9.59 Å². The SMILES string of the molecule is CC1CC(=O)Nc2ccccc2N1C(=O)c1cccc(S(=O)(=O)N(C)C)c1. The van der Waals surface area contributed by atoms with Crippen LogP contribution in [0, 0.1) is 0 Å². The topological polar surface area (TPSA) is 86.8 Å². The highest BCUT2D eigenvalue weighted by molar-refractivity contribution is 7.89. The minimum atomic E-state index is -3.66. The van der Waals surface area contributed by atoms with Gasteiger partial charge in [-0.05, 0) is 37.3 Å². The molecular formula is C19H21N3O4S. The normalized spacial score (nSPS) is 17.3. The molecular weight excluding hydrogens is 366 g/mol. The van der Waals surface area contributed by atoms with E-state index in [4.69, 9.17) is 0 Å². The van der Waals surface area contributed by atoms with Gasteiger partial charge in [0, 0.05) is 32.1 Å². The molecule has 2 amide bonds. The van der Waals surface area contributed by atoms with E-state index in [2.05, 4.69) is 5.32 Å². The summed E-state index contributed by atoms with van der Waals surface area (Å²) in [7, 11) is -0.780. The number of anilines is 2. The number of nitrogens with zero attached hydrogens (tertiary/aromatic N) is 2. The molecule has 1 N–H and O–H groups in total. The van der Waals surface area contributed by atoms with E-state index in [1.54, 1.807) is 43.3 Å². The number of hydrogen-bond acceptors (Lipinski definition) is 4. The van der Waals surface area contributed by atoms with E-state index in [0.717, 1.165) is 4.31 Å². The lowest BCUT2D eigenvalue weighted by molar-refractivity contribution is -0.116. The number of nitrogens with one attached hydrogen (secondary N) is 1. The molecule has 27 heavy (non-hydrogen) atoms. The highest BCUT2D eigenvalue weighted by atomic mass is 32.2. The van der Waals surface area contributed by atoms with Crippen molar-refractivity contribution in [3.63, 3.8) is 0 Å². The Morgan fingerprint density at radius 2 is 1.85 bits per heavy atom. The van der Waals surface area contributed by atoms with E-state index in [-0.39, 0.29) is 34.7 Å². The minimum Gasteiger partial charge on any atom is -0.324 e. The van der Waals surface area contributed by atoms with E-state index in [1.807, 2.05) is 0 Å². The first-order valence-electron chi connectivity index (χ1n) is 8.47. The number of fused-ring (bicyclic) bond motifs is 1. The predicted octanol–water partition coefficient (Wildman–Crippen LogP) is 2.31. The van der Waals surface area contributed by atoms with Crippen molar-refractivity contribution in [3.8, 4) is 0 Å². The summed E-state index contributed by atoms with van der Waals surface area (Å²) in [5, 5.41) is 2.80. The fourth-order valence-corrected chi connectivity index (χ4v) is 3.98. The summed E-state index contributed by atoms with van der Waals surface area (Å²) in [4.78, 5) is 26.9. The van der Waals surface area contributed by atoms with E-state index in [0.29, 0.717) is 11.4 Å². The maximum absolute atomic E-state index is 13.3. The van der Waals surface area contributed by atoms with Crippen LogP contribution in [-0.2, 0) is 14.8 Å². The Morgan fingerprint density at radius 1 is 1.15 bits per heavy atom. The number of sulfonamides is 1. The molecule has 8 heteroatoms. The van der Waals surface area contributed by atoms with Gasteiger partial charge in [0.05, 0.1) is 16.3 Å². The molecule has 0 aliphatic carbocycles. The summed E-state index contributed by atoms with van der Waals surface area (Å²) in [6.07, 6.45) is 0.149. The number of benzene rings is 2. The smallest absolute Gasteiger partial charge is 0.258 e. The fourth-order valence-electron chi connectivity index (χ4n) is 3.04. The summed E-state index contributed by atoms with van der Waals surface area (Å²) in [5.74, 6) is -0.531. The number of rotatable bonds is 3. The van der Waals surface area contributed by atoms with Crippen molar-refractivity contribution in [3.05, 3.63) is 54.1 Å². The molecule has 1 heterocycles. The van der Waals surface area contributed by atoms with Crippen molar-refractivity contribution in [1.29, 1.82) is 0 Å². The molecule has 2 aromatic carbocycles. The van der Waals surface area contributed by atoms with E-state index < -0.39 is 10.0 Å². The fraction of sp³-hybridized carbons (Fsp3) is 0.263. The second kappa shape index (κ2) is 7.13. The van der Waals surface area contributed by atoms with Crippen LogP contribution < -0.4 is 10.2 Å². The molecule has 0 aromatic heterocycles. The Kier molecular flexibility index (Phi) is 5.03. The average Bonchev–Trinajstić information content (AvgIpc) is 2.75. The van der Waals surface area contributed by atoms with Crippen LogP contribution in [-0.4, -0.2) is 44.7 Å². The van der Waals surface area contributed by atoms with Gasteiger partial charge >= 0.3 is 0 Å². The standard InChI is InChI=1S/C19H21N3O4S/c1-13-11-18(23)20-16-9-4-5-10-17(16)22(13)19(24)14-7-6-8-15(12-14)27(25,26)21(2)3/h4-10,12-13H,11H2,1-3H3,(H,20,23). The van der Waals surface area contributed by atoms with Crippen molar-refractivity contribution in [2.75, 3.05) is 24.3 Å². The van der Waals surface area contributed by atoms with Crippen molar-refractivity contribution < 1.29 is 18.0 Å². The van der Waals surface area contributed by atoms with Gasteiger partial charge in [0.25, 0.3) is 5.91 Å². The molecule has 1 unspecified atom stereocenters. The minimum absolute atomic E-state index is 0.0447. The first-order chi connectivity index (χ1) is 12.7. The monoisotopic (exact) mass is 387 g/mol. The van der Waals surface area contributed by atoms with Gasteiger partial charge in [0.1, 0.15) is 0 Å². The van der Waals surface area contributed by atoms with E-state index >= 15 is 0 Å². The molecule has 1 atom stereocenters. The zero-order valence-corrected chi connectivity index (χ0v) is 16.2. The maximum atomic E-state index is 13.3. The zero-order valence-electron chi connectivity index (χ0n) is 15.3. The van der Waals surface area contributed by atoms with Gasteiger partial charge in [-0.2, -0.15) is 0 Å². The lowest BCUT2D eigenvalue weighted by Crippen LogP contribution is -2.39. The average molecular weight is 387 g/mol. The van der Waals surface area contributed by atoms with Gasteiger partial charge in [0.2, 0.25) is 15.9 Å². The van der Waals surface area contributed by atoms with Gasteiger partial charge in [0.15, 0.2) is 0 Å². The predicted molar refractivity (Wildman–Crippen MR) is 103 cm³/mol. The summed E-state index contributed by atoms with van der Waals surface area (Å²) < 4.78 is 25.9. The van der Waals surface area contributed by atoms with Crippen molar-refractivity contribution >= 4 is 33.2 Å². The van der Waals surface area contributed by atoms with Crippen LogP contribution in [0.15, 0.2) is 53.4 Å². The van der Waals surface area contributed by atoms with Crippen LogP contribution in [0.25, 0.3) is 0 Å². The third-order valence-electron chi connectivity index (χ3n) is 4.44. The quantitative estimate of drug-likeness (QED) is 0.876. The molecule has 0 bridgehead atoms. The molecule has 1 aliphatic heterocycles. The number of amides is 2. The van der Waals surface area contributed by atoms with Gasteiger partial charge < -0.3 is 10.2 Å². The number of carbonyl (C=O) groups is 2. The third kappa shape index (κ3) is 3.58. The molecule has 7 nitrogen and oxygen atoms in total. The Balaban J connectivity index is 2.07. The van der Waals surface area contributed by atoms with Crippen LogP contribution in [0.3, 0.4) is 0 Å². The third-order valence-corrected chi connectivity index (χ3v) is 6.25. The molecule has 0 saturated heterocycles. The molecule has 0 spiro atoms. The van der Waals surface area contributed by atoms with Crippen molar-refractivity contribution in [2.45, 2.75) is 24.3 Å². The highest BCUT2D eigenvalue weighted by Gasteiger charge is 2.31. The van der Waals surface area contributed by atoms with Crippen molar-refractivity contribution in [2.24, 2.45) is 0 Å². The first kappa shape index (κ1) is 19.1. The Labute approximate surface area is 158 Å². The summed E-state index contributed by atoms with van der Waals surface area (Å²) in [5.41, 5.74) is 1.38. The van der Waals surface area contributed by atoms with E-state index in [9.17, 15) is 18.0 Å². The number of hydrogen-bond donors (Lipinski definition) is 1. The van der Waals surface area contributed by atoms with E-state index in [1.165, 1.54) is 31.1 Å². The largest absolute Gasteiger partial charge is 0.324 e. The Morgan fingerprint density at radius 3 is 2.56 bits per heavy atom. The molecule has 2 aromatic rings. The summed E-state index contributed by atoms with van der Waals surface area (Å²) in [6.45, 7) is 1.79. The second-order valence-electron chi connectivity index (χ2n) is 6.61. The molecule has 3 rings (SSSR count). The summed E-state index contributed by atoms with van der Waals surface area (Å²) in [6, 6.07) is 12.6. The number of para-hydroxylation sites is 2. The first-order valence-corrected chi connectivity index (χ1v) is 9.91. The molecule has 0 saturated carbocycles. The maximum Gasteiger partial charge on any atom is 0.258 e. The van der Waals surface area contributed by atoms with Gasteiger partial charge in [-0.25, -0.2) is 12.7 Å². The molecule has 0 fully saturated rings. The molecule has 142 valence electrons. The van der Waals surface area contributed by atoms with Crippen LogP contribution in [0.2, 0.25) is 0 Å². The lowest BCUT2D eigenvalue weighted by atomic mass is 10.1. The van der Waals surface area contributed by atoms with Crippen molar-refractivity contribution in [1.82, 2.24) is 4.31 Å². The van der Waals surface area contributed by atoms with Crippen LogP contribution in [0.5, 0.6) is 0 Å². The number of carbonyl (C=O) groups excluding carboxylic acids is 2. The Hall–Kier alpha value is -2.71. The lowest BCUT2D eigenvalue weighted by Gasteiger charge is -2.28. The van der Waals surface area contributed by atoms with Crippen LogP contribution >= 0.6 is 0 Å². The summed E-state index contributed by atoms with van der Waals surface area (Å²) >= 11 is 0. The second-order valence-corrected chi connectivity index (χ2v) is 8.76.